The first-order valence-corrected chi connectivity index (χ1v) is 6.62. The Morgan fingerprint density at radius 1 is 1.40 bits per heavy atom. The van der Waals surface area contributed by atoms with Gasteiger partial charge >= 0.3 is 5.97 Å². The summed E-state index contributed by atoms with van der Waals surface area (Å²) in [6.07, 6.45) is 0.402. The number of carboxylic acid groups (broad SMARTS) is 1. The summed E-state index contributed by atoms with van der Waals surface area (Å²) in [5.41, 5.74) is 1.74. The maximum atomic E-state index is 12.4. The van der Waals surface area contributed by atoms with Crippen molar-refractivity contribution in [3.05, 3.63) is 34.9 Å². The molecule has 1 aliphatic heterocycles. The van der Waals surface area contributed by atoms with Crippen LogP contribution in [0.25, 0.3) is 0 Å². The van der Waals surface area contributed by atoms with Crippen molar-refractivity contribution < 1.29 is 19.4 Å². The van der Waals surface area contributed by atoms with Crippen molar-refractivity contribution in [2.45, 2.75) is 32.2 Å². The van der Waals surface area contributed by atoms with E-state index in [2.05, 4.69) is 5.32 Å². The summed E-state index contributed by atoms with van der Waals surface area (Å²) in [5, 5.41) is 11.9. The molecule has 0 radical (unpaired) electrons. The molecule has 1 unspecified atom stereocenters. The fourth-order valence-corrected chi connectivity index (χ4v) is 2.48. The maximum Gasteiger partial charge on any atom is 0.305 e. The molecule has 1 aliphatic rings. The largest absolute Gasteiger partial charge is 0.481 e. The van der Waals surface area contributed by atoms with Crippen LogP contribution in [-0.2, 0) is 9.53 Å². The van der Waals surface area contributed by atoms with Crippen LogP contribution in [0.1, 0.15) is 34.3 Å². The number of amides is 1. The van der Waals surface area contributed by atoms with Crippen LogP contribution in [0.2, 0.25) is 0 Å². The number of nitrogens with one attached hydrogen (secondary N) is 1. The average Bonchev–Trinajstić information content (AvgIpc) is 2.79. The van der Waals surface area contributed by atoms with Gasteiger partial charge in [-0.15, -0.1) is 0 Å². The molecule has 0 spiro atoms. The minimum atomic E-state index is -0.934. The minimum Gasteiger partial charge on any atom is -0.481 e. The standard InChI is InChI=1S/C15H19NO4/c1-10-4-3-5-12(11(10)2)14(19)16-15(8-13(17)18)6-7-20-9-15/h3-5H,6-9H2,1-2H3,(H,16,19)(H,17,18). The van der Waals surface area contributed by atoms with Gasteiger partial charge < -0.3 is 15.2 Å². The molecule has 108 valence electrons. The van der Waals surface area contributed by atoms with E-state index < -0.39 is 11.5 Å². The number of carbonyl (C=O) groups excluding carboxylic acids is 1. The van der Waals surface area contributed by atoms with E-state index in [4.69, 9.17) is 9.84 Å². The van der Waals surface area contributed by atoms with Crippen molar-refractivity contribution in [1.82, 2.24) is 5.32 Å². The lowest BCUT2D eigenvalue weighted by Crippen LogP contribution is -2.50. The van der Waals surface area contributed by atoms with Crippen molar-refractivity contribution in [2.75, 3.05) is 13.2 Å². The van der Waals surface area contributed by atoms with E-state index in [0.29, 0.717) is 18.6 Å². The van der Waals surface area contributed by atoms with Gasteiger partial charge in [-0.3, -0.25) is 9.59 Å². The van der Waals surface area contributed by atoms with Crippen LogP contribution in [0, 0.1) is 13.8 Å². The van der Waals surface area contributed by atoms with Crippen molar-refractivity contribution in [1.29, 1.82) is 0 Å². The number of aliphatic carboxylic acids is 1. The molecule has 1 aromatic carbocycles. The Morgan fingerprint density at radius 3 is 2.75 bits per heavy atom. The smallest absolute Gasteiger partial charge is 0.305 e. The normalized spacial score (nSPS) is 21.7. The summed E-state index contributed by atoms with van der Waals surface area (Å²) in [4.78, 5) is 23.4. The molecule has 0 bridgehead atoms. The SMILES string of the molecule is Cc1cccc(C(=O)NC2(CC(=O)O)CCOC2)c1C. The van der Waals surface area contributed by atoms with Crippen molar-refractivity contribution >= 4 is 11.9 Å². The zero-order valence-electron chi connectivity index (χ0n) is 11.7. The Bertz CT molecular complexity index is 533. The lowest BCUT2D eigenvalue weighted by molar-refractivity contribution is -0.138. The third kappa shape index (κ3) is 2.99. The Kier molecular flexibility index (Phi) is 4.09. The van der Waals surface area contributed by atoms with E-state index in [0.717, 1.165) is 11.1 Å². The topological polar surface area (TPSA) is 75.6 Å². The number of aryl methyl sites for hydroxylation is 1. The highest BCUT2D eigenvalue weighted by Gasteiger charge is 2.39. The van der Waals surface area contributed by atoms with Gasteiger partial charge in [-0.05, 0) is 37.5 Å². The van der Waals surface area contributed by atoms with Gasteiger partial charge in [-0.2, -0.15) is 0 Å². The summed E-state index contributed by atoms with van der Waals surface area (Å²) in [5.74, 6) is -1.17. The number of hydrogen-bond donors (Lipinski definition) is 2. The Balaban J connectivity index is 2.20. The molecule has 1 fully saturated rings. The van der Waals surface area contributed by atoms with Crippen LogP contribution in [0.3, 0.4) is 0 Å². The Labute approximate surface area is 117 Å². The van der Waals surface area contributed by atoms with E-state index in [1.54, 1.807) is 6.07 Å². The molecule has 2 N–H and O–H groups in total. The second-order valence-electron chi connectivity index (χ2n) is 5.36. The van der Waals surface area contributed by atoms with Crippen LogP contribution in [0.15, 0.2) is 18.2 Å². The summed E-state index contributed by atoms with van der Waals surface area (Å²) in [6.45, 7) is 4.55. The highest BCUT2D eigenvalue weighted by atomic mass is 16.5. The molecule has 0 aromatic heterocycles. The van der Waals surface area contributed by atoms with Gasteiger partial charge in [0.25, 0.3) is 5.91 Å². The molecular formula is C15H19NO4. The fraction of sp³-hybridized carbons (Fsp3) is 0.467. The van der Waals surface area contributed by atoms with Crippen molar-refractivity contribution in [3.8, 4) is 0 Å². The molecule has 5 nitrogen and oxygen atoms in total. The van der Waals surface area contributed by atoms with Crippen LogP contribution in [-0.4, -0.2) is 35.7 Å². The van der Waals surface area contributed by atoms with Gasteiger partial charge in [0.05, 0.1) is 18.6 Å². The molecule has 1 amide bonds. The van der Waals surface area contributed by atoms with Crippen LogP contribution in [0.4, 0.5) is 0 Å². The van der Waals surface area contributed by atoms with E-state index in [1.165, 1.54) is 0 Å². The molecule has 20 heavy (non-hydrogen) atoms. The first-order valence-electron chi connectivity index (χ1n) is 6.62. The quantitative estimate of drug-likeness (QED) is 0.877. The first-order chi connectivity index (χ1) is 9.43. The van der Waals surface area contributed by atoms with Gasteiger partial charge in [0.15, 0.2) is 0 Å². The molecule has 0 aliphatic carbocycles. The summed E-state index contributed by atoms with van der Waals surface area (Å²) in [7, 11) is 0. The van der Waals surface area contributed by atoms with E-state index in [1.807, 2.05) is 26.0 Å². The van der Waals surface area contributed by atoms with Crippen molar-refractivity contribution in [2.24, 2.45) is 0 Å². The third-order valence-corrected chi connectivity index (χ3v) is 3.82. The number of hydrogen-bond acceptors (Lipinski definition) is 3. The predicted octanol–water partition coefficient (Wildman–Crippen LogP) is 1.67. The molecule has 1 aromatic rings. The highest BCUT2D eigenvalue weighted by Crippen LogP contribution is 2.24. The summed E-state index contributed by atoms with van der Waals surface area (Å²) >= 11 is 0. The van der Waals surface area contributed by atoms with Crippen LogP contribution >= 0.6 is 0 Å². The molecule has 1 saturated heterocycles. The summed E-state index contributed by atoms with van der Waals surface area (Å²) < 4.78 is 5.27. The van der Waals surface area contributed by atoms with Gasteiger partial charge in [-0.25, -0.2) is 0 Å². The van der Waals surface area contributed by atoms with E-state index in [-0.39, 0.29) is 18.9 Å². The zero-order chi connectivity index (χ0) is 14.8. The second kappa shape index (κ2) is 5.63. The molecular weight excluding hydrogens is 258 g/mol. The minimum absolute atomic E-state index is 0.121. The molecule has 2 rings (SSSR count). The molecule has 1 heterocycles. The monoisotopic (exact) mass is 277 g/mol. The van der Waals surface area contributed by atoms with E-state index >= 15 is 0 Å². The maximum absolute atomic E-state index is 12.4. The lowest BCUT2D eigenvalue weighted by Gasteiger charge is -2.27. The second-order valence-corrected chi connectivity index (χ2v) is 5.36. The number of carboxylic acids is 1. The number of carbonyl (C=O) groups is 2. The average molecular weight is 277 g/mol. The molecule has 0 saturated carbocycles. The lowest BCUT2D eigenvalue weighted by atomic mass is 9.93. The number of rotatable bonds is 4. The van der Waals surface area contributed by atoms with Gasteiger partial charge in [0, 0.05) is 12.2 Å². The Hall–Kier alpha value is -1.88. The zero-order valence-corrected chi connectivity index (χ0v) is 11.7. The molecule has 1 atom stereocenters. The summed E-state index contributed by atoms with van der Waals surface area (Å²) in [6, 6.07) is 5.52. The third-order valence-electron chi connectivity index (χ3n) is 3.82. The van der Waals surface area contributed by atoms with Gasteiger partial charge in [0.2, 0.25) is 0 Å². The number of benzene rings is 1. The van der Waals surface area contributed by atoms with Crippen LogP contribution < -0.4 is 5.32 Å². The first kappa shape index (κ1) is 14.5. The van der Waals surface area contributed by atoms with Crippen molar-refractivity contribution in [3.63, 3.8) is 0 Å². The number of ether oxygens (including phenoxy) is 1. The Morgan fingerprint density at radius 2 is 2.15 bits per heavy atom. The van der Waals surface area contributed by atoms with Gasteiger partial charge in [-0.1, -0.05) is 12.1 Å². The molecule has 5 heteroatoms. The highest BCUT2D eigenvalue weighted by molar-refractivity contribution is 5.96. The fourth-order valence-electron chi connectivity index (χ4n) is 2.48. The van der Waals surface area contributed by atoms with Gasteiger partial charge in [0.1, 0.15) is 0 Å². The van der Waals surface area contributed by atoms with Crippen LogP contribution in [0.5, 0.6) is 0 Å². The predicted molar refractivity (Wildman–Crippen MR) is 73.8 cm³/mol. The van der Waals surface area contributed by atoms with E-state index in [9.17, 15) is 9.59 Å².